The second-order valence-electron chi connectivity index (χ2n) is 11.0. The molecule has 1 N–H and O–H groups in total. The number of hydrogen-bond donors (Lipinski definition) is 1. The molecule has 40 heavy (non-hydrogen) atoms. The first kappa shape index (κ1) is 26.7. The van der Waals surface area contributed by atoms with Gasteiger partial charge in [0.05, 0.1) is 11.3 Å². The minimum Gasteiger partial charge on any atom is -0.460 e. The van der Waals surface area contributed by atoms with Gasteiger partial charge in [-0.25, -0.2) is 4.98 Å². The molecular formula is C30H35F3N6O. The van der Waals surface area contributed by atoms with E-state index in [4.69, 9.17) is 14.7 Å². The van der Waals surface area contributed by atoms with Crippen molar-refractivity contribution in [3.8, 4) is 6.01 Å². The third-order valence-corrected chi connectivity index (χ3v) is 8.24. The average Bonchev–Trinajstić information content (AvgIpc) is 3.17. The maximum Gasteiger partial charge on any atom is 0.419 e. The van der Waals surface area contributed by atoms with Crippen LogP contribution in [0.25, 0.3) is 0 Å². The third kappa shape index (κ3) is 5.67. The Balaban J connectivity index is 1.32. The monoisotopic (exact) mass is 552 g/mol. The molecule has 0 radical (unpaired) electrons. The second-order valence-corrected chi connectivity index (χ2v) is 11.0. The zero-order valence-electron chi connectivity index (χ0n) is 22.8. The van der Waals surface area contributed by atoms with Gasteiger partial charge in [-0.15, -0.1) is 0 Å². The topological polar surface area (TPSA) is 66.4 Å². The zero-order chi connectivity index (χ0) is 27.7. The van der Waals surface area contributed by atoms with Crippen molar-refractivity contribution in [1.29, 1.82) is 0 Å². The first-order valence-electron chi connectivity index (χ1n) is 14.3. The SMILES string of the molecule is CN1CCCc2ccc(Nc3nc(OC4CCCCC4)nc4c3CCN(c3ncccc3C(F)(F)F)CC4)cc21. The van der Waals surface area contributed by atoms with E-state index < -0.39 is 11.7 Å². The lowest BCUT2D eigenvalue weighted by molar-refractivity contribution is -0.137. The molecule has 3 aromatic rings. The lowest BCUT2D eigenvalue weighted by Gasteiger charge is -2.28. The van der Waals surface area contributed by atoms with Crippen molar-refractivity contribution < 1.29 is 17.9 Å². The molecule has 7 nitrogen and oxygen atoms in total. The molecule has 4 heterocycles. The maximum absolute atomic E-state index is 13.8. The number of anilines is 4. The summed E-state index contributed by atoms with van der Waals surface area (Å²) in [6.07, 6.45) is 5.61. The molecule has 1 aliphatic carbocycles. The summed E-state index contributed by atoms with van der Waals surface area (Å²) in [5, 5.41) is 3.53. The van der Waals surface area contributed by atoms with E-state index >= 15 is 0 Å². The van der Waals surface area contributed by atoms with Gasteiger partial charge in [-0.05, 0) is 74.8 Å². The number of fused-ring (bicyclic) bond motifs is 2. The quantitative estimate of drug-likeness (QED) is 0.397. The summed E-state index contributed by atoms with van der Waals surface area (Å²) in [5.74, 6) is 0.620. The molecule has 6 rings (SSSR count). The van der Waals surface area contributed by atoms with E-state index in [1.807, 2.05) is 0 Å². The summed E-state index contributed by atoms with van der Waals surface area (Å²) in [6.45, 7) is 1.76. The van der Waals surface area contributed by atoms with Crippen LogP contribution < -0.4 is 19.9 Å². The standard InChI is InChI=1S/C30H35F3N6O/c1-38-16-6-7-20-11-12-21(19-26(20)38)35-27-23-13-17-39(28-24(30(31,32)33)10-5-15-34-28)18-14-25(23)36-29(37-27)40-22-8-3-2-4-9-22/h5,10-12,15,19,22H,2-4,6-9,13-14,16-18H2,1H3,(H,35,36,37). The van der Waals surface area contributed by atoms with Gasteiger partial charge in [0.25, 0.3) is 0 Å². The summed E-state index contributed by atoms with van der Waals surface area (Å²) < 4.78 is 47.6. The number of ether oxygens (including phenoxy) is 1. The third-order valence-electron chi connectivity index (χ3n) is 8.24. The Morgan fingerprint density at radius 3 is 2.60 bits per heavy atom. The number of alkyl halides is 3. The highest BCUT2D eigenvalue weighted by atomic mass is 19.4. The van der Waals surface area contributed by atoms with Crippen LogP contribution in [0.2, 0.25) is 0 Å². The molecule has 3 aliphatic rings. The van der Waals surface area contributed by atoms with Gasteiger partial charge in [0.1, 0.15) is 17.7 Å². The molecule has 0 bridgehead atoms. The molecule has 0 saturated heterocycles. The number of nitrogens with one attached hydrogen (secondary N) is 1. The summed E-state index contributed by atoms with van der Waals surface area (Å²) in [4.78, 5) is 17.7. The van der Waals surface area contributed by atoms with Crippen LogP contribution in [0.5, 0.6) is 6.01 Å². The van der Waals surface area contributed by atoms with Crippen LogP contribution in [-0.4, -0.2) is 47.7 Å². The summed E-state index contributed by atoms with van der Waals surface area (Å²) in [5.41, 5.74) is 4.45. The van der Waals surface area contributed by atoms with E-state index in [2.05, 4.69) is 40.4 Å². The van der Waals surface area contributed by atoms with Crippen LogP contribution in [0.4, 0.5) is 36.2 Å². The molecule has 1 fully saturated rings. The van der Waals surface area contributed by atoms with E-state index in [1.165, 1.54) is 29.9 Å². The van der Waals surface area contributed by atoms with Gasteiger partial charge in [-0.3, -0.25) is 0 Å². The highest BCUT2D eigenvalue weighted by molar-refractivity contribution is 5.69. The van der Waals surface area contributed by atoms with Gasteiger partial charge in [-0.1, -0.05) is 12.5 Å². The number of halogens is 3. The normalized spacial score (nSPS) is 18.1. The van der Waals surface area contributed by atoms with Crippen LogP contribution in [0.3, 0.4) is 0 Å². The van der Waals surface area contributed by atoms with E-state index in [-0.39, 0.29) is 11.9 Å². The van der Waals surface area contributed by atoms with Gasteiger partial charge in [0.2, 0.25) is 0 Å². The molecule has 2 aromatic heterocycles. The molecule has 2 aliphatic heterocycles. The molecule has 1 aromatic carbocycles. The lowest BCUT2D eigenvalue weighted by atomic mass is 9.98. The number of benzene rings is 1. The highest BCUT2D eigenvalue weighted by Crippen LogP contribution is 2.37. The number of rotatable bonds is 5. The molecular weight excluding hydrogens is 517 g/mol. The Bertz CT molecular complexity index is 1360. The number of pyridine rings is 1. The Kier molecular flexibility index (Phi) is 7.42. The van der Waals surface area contributed by atoms with Crippen LogP contribution in [0.1, 0.15) is 60.9 Å². The van der Waals surface area contributed by atoms with Crippen molar-refractivity contribution in [2.24, 2.45) is 0 Å². The fraction of sp³-hybridized carbons (Fsp3) is 0.500. The first-order chi connectivity index (χ1) is 19.3. The minimum atomic E-state index is -4.48. The predicted molar refractivity (Wildman–Crippen MR) is 150 cm³/mol. The van der Waals surface area contributed by atoms with Gasteiger partial charge in [-0.2, -0.15) is 23.1 Å². The molecule has 0 unspecified atom stereocenters. The number of hydrogen-bond acceptors (Lipinski definition) is 7. The predicted octanol–water partition coefficient (Wildman–Crippen LogP) is 6.33. The molecule has 0 amide bonds. The molecule has 0 spiro atoms. The minimum absolute atomic E-state index is 0.0401. The average molecular weight is 553 g/mol. The Morgan fingerprint density at radius 1 is 0.950 bits per heavy atom. The summed E-state index contributed by atoms with van der Waals surface area (Å²) in [6, 6.07) is 9.14. The number of aryl methyl sites for hydroxylation is 1. The van der Waals surface area contributed by atoms with E-state index in [1.54, 1.807) is 4.90 Å². The van der Waals surface area contributed by atoms with E-state index in [0.717, 1.165) is 68.1 Å². The summed E-state index contributed by atoms with van der Waals surface area (Å²) >= 11 is 0. The van der Waals surface area contributed by atoms with E-state index in [0.29, 0.717) is 37.8 Å². The number of aromatic nitrogens is 3. The fourth-order valence-corrected chi connectivity index (χ4v) is 6.12. The highest BCUT2D eigenvalue weighted by Gasteiger charge is 2.36. The Hall–Kier alpha value is -3.56. The van der Waals surface area contributed by atoms with Crippen molar-refractivity contribution in [3.05, 3.63) is 58.9 Å². The maximum atomic E-state index is 13.8. The van der Waals surface area contributed by atoms with Crippen molar-refractivity contribution in [2.45, 2.75) is 70.1 Å². The van der Waals surface area contributed by atoms with Crippen molar-refractivity contribution in [1.82, 2.24) is 15.0 Å². The first-order valence-corrected chi connectivity index (χ1v) is 14.3. The number of nitrogens with zero attached hydrogens (tertiary/aromatic N) is 5. The van der Waals surface area contributed by atoms with Gasteiger partial charge in [0, 0.05) is 56.2 Å². The molecule has 0 atom stereocenters. The zero-order valence-corrected chi connectivity index (χ0v) is 22.8. The van der Waals surface area contributed by atoms with Crippen LogP contribution >= 0.6 is 0 Å². The molecule has 1 saturated carbocycles. The largest absolute Gasteiger partial charge is 0.460 e. The van der Waals surface area contributed by atoms with Crippen LogP contribution in [0.15, 0.2) is 36.5 Å². The Morgan fingerprint density at radius 2 is 1.77 bits per heavy atom. The van der Waals surface area contributed by atoms with Gasteiger partial charge in [0.15, 0.2) is 0 Å². The molecule has 212 valence electrons. The second kappa shape index (κ2) is 11.1. The van der Waals surface area contributed by atoms with Crippen molar-refractivity contribution in [2.75, 3.05) is 41.8 Å². The fourth-order valence-electron chi connectivity index (χ4n) is 6.12. The van der Waals surface area contributed by atoms with E-state index in [9.17, 15) is 13.2 Å². The van der Waals surface area contributed by atoms with Crippen LogP contribution in [0, 0.1) is 0 Å². The van der Waals surface area contributed by atoms with Crippen molar-refractivity contribution in [3.63, 3.8) is 0 Å². The van der Waals surface area contributed by atoms with Crippen LogP contribution in [-0.2, 0) is 25.4 Å². The van der Waals surface area contributed by atoms with Crippen molar-refractivity contribution >= 4 is 23.0 Å². The Labute approximate surface area is 232 Å². The summed E-state index contributed by atoms with van der Waals surface area (Å²) in [7, 11) is 2.11. The lowest BCUT2D eigenvalue weighted by Crippen LogP contribution is -2.29. The van der Waals surface area contributed by atoms with Gasteiger partial charge < -0.3 is 19.9 Å². The smallest absolute Gasteiger partial charge is 0.419 e. The van der Waals surface area contributed by atoms with Gasteiger partial charge >= 0.3 is 12.2 Å². The molecule has 10 heteroatoms.